The van der Waals surface area contributed by atoms with E-state index in [4.69, 9.17) is 5.73 Å². The quantitative estimate of drug-likeness (QED) is 0.206. The summed E-state index contributed by atoms with van der Waals surface area (Å²) in [5.74, 6) is -3.54. The number of hydrogen-bond acceptors (Lipinski definition) is 7. The number of phenols is 1. The van der Waals surface area contributed by atoms with E-state index in [9.17, 15) is 29.4 Å². The van der Waals surface area contributed by atoms with Gasteiger partial charge in [0.1, 0.15) is 23.9 Å². The first-order valence-electron chi connectivity index (χ1n) is 10.7. The summed E-state index contributed by atoms with van der Waals surface area (Å²) in [6.07, 6.45) is -0.0215. The van der Waals surface area contributed by atoms with Gasteiger partial charge in [0, 0.05) is 12.2 Å². The number of carbonyl (C=O) groups excluding carboxylic acids is 3. The number of carboxylic acid groups (broad SMARTS) is 1. The molecule has 0 saturated carbocycles. The minimum atomic E-state index is -1.26. The molecule has 4 unspecified atom stereocenters. The number of aromatic hydroxyl groups is 1. The molecule has 11 heteroatoms. The molecule has 0 aromatic heterocycles. The summed E-state index contributed by atoms with van der Waals surface area (Å²) in [5.41, 5.74) is 6.44. The van der Waals surface area contributed by atoms with Crippen LogP contribution in [0.5, 0.6) is 5.75 Å². The summed E-state index contributed by atoms with van der Waals surface area (Å²) in [7, 11) is 0. The van der Waals surface area contributed by atoms with Crippen molar-refractivity contribution in [2.24, 2.45) is 17.6 Å². The lowest BCUT2D eigenvalue weighted by atomic mass is 10.00. The van der Waals surface area contributed by atoms with Crippen molar-refractivity contribution in [2.45, 2.75) is 58.3 Å². The summed E-state index contributed by atoms with van der Waals surface area (Å²) in [5, 5.41) is 26.4. The number of nitrogens with two attached hydrogens (primary N) is 1. The first kappa shape index (κ1) is 28.2. The smallest absolute Gasteiger partial charge is 0.326 e. The maximum atomic E-state index is 12.8. The zero-order chi connectivity index (χ0) is 25.3. The summed E-state index contributed by atoms with van der Waals surface area (Å²) >= 11 is 4.11. The Hall–Kier alpha value is -2.79. The fraction of sp³-hybridized carbons (Fsp3) is 0.545. The first-order chi connectivity index (χ1) is 15.4. The van der Waals surface area contributed by atoms with E-state index in [-0.39, 0.29) is 29.8 Å². The van der Waals surface area contributed by atoms with E-state index in [2.05, 4.69) is 28.6 Å². The SMILES string of the molecule is CC(C)C(N)C(=O)NC(C(=O)NC(CS)C(=O)NC(Cc1ccc(O)cc1)C(=O)O)C(C)C. The molecule has 0 aliphatic heterocycles. The van der Waals surface area contributed by atoms with Crippen molar-refractivity contribution in [3.63, 3.8) is 0 Å². The van der Waals surface area contributed by atoms with Gasteiger partial charge in [-0.2, -0.15) is 12.6 Å². The zero-order valence-electron chi connectivity index (χ0n) is 19.2. The van der Waals surface area contributed by atoms with Crippen LogP contribution in [0.2, 0.25) is 0 Å². The molecule has 0 spiro atoms. The molecule has 0 aliphatic rings. The molecule has 0 aliphatic carbocycles. The molecule has 0 bridgehead atoms. The summed E-state index contributed by atoms with van der Waals surface area (Å²) < 4.78 is 0. The van der Waals surface area contributed by atoms with Crippen LogP contribution in [-0.2, 0) is 25.6 Å². The molecule has 0 heterocycles. The van der Waals surface area contributed by atoms with Crippen LogP contribution in [-0.4, -0.2) is 63.8 Å². The average molecular weight is 483 g/mol. The van der Waals surface area contributed by atoms with Crippen LogP contribution in [0.1, 0.15) is 33.3 Å². The van der Waals surface area contributed by atoms with E-state index in [1.807, 2.05) is 0 Å². The van der Waals surface area contributed by atoms with Crippen LogP contribution in [0.3, 0.4) is 0 Å². The Morgan fingerprint density at radius 3 is 1.88 bits per heavy atom. The highest BCUT2D eigenvalue weighted by atomic mass is 32.1. The number of nitrogens with one attached hydrogen (secondary N) is 3. The van der Waals surface area contributed by atoms with E-state index in [1.54, 1.807) is 39.8 Å². The fourth-order valence-electron chi connectivity index (χ4n) is 2.88. The molecular formula is C22H34N4O6S. The Balaban J connectivity index is 2.86. The van der Waals surface area contributed by atoms with Gasteiger partial charge >= 0.3 is 5.97 Å². The molecule has 1 aromatic rings. The lowest BCUT2D eigenvalue weighted by Crippen LogP contribution is -2.59. The number of phenolic OH excluding ortho intramolecular Hbond substituents is 1. The van der Waals surface area contributed by atoms with Gasteiger partial charge in [0.15, 0.2) is 0 Å². The molecule has 0 radical (unpaired) electrons. The third kappa shape index (κ3) is 8.93. The Kier molecular flexibility index (Phi) is 11.2. The van der Waals surface area contributed by atoms with Crippen LogP contribution in [0.4, 0.5) is 0 Å². The molecule has 7 N–H and O–H groups in total. The second-order valence-corrected chi connectivity index (χ2v) is 8.88. The third-order valence-electron chi connectivity index (χ3n) is 5.07. The van der Waals surface area contributed by atoms with Gasteiger partial charge in [-0.3, -0.25) is 14.4 Å². The van der Waals surface area contributed by atoms with E-state index >= 15 is 0 Å². The first-order valence-corrected chi connectivity index (χ1v) is 11.3. The molecular weight excluding hydrogens is 448 g/mol. The summed E-state index contributed by atoms with van der Waals surface area (Å²) in [6.45, 7) is 7.04. The van der Waals surface area contributed by atoms with Gasteiger partial charge in [-0.1, -0.05) is 39.8 Å². The van der Waals surface area contributed by atoms with Gasteiger partial charge in [-0.25, -0.2) is 4.79 Å². The third-order valence-corrected chi connectivity index (χ3v) is 5.44. The summed E-state index contributed by atoms with van der Waals surface area (Å²) in [6, 6.07) is 1.81. The molecule has 33 heavy (non-hydrogen) atoms. The normalized spacial score (nSPS) is 14.8. The second kappa shape index (κ2) is 13.0. The standard InChI is InChI=1S/C22H34N4O6S/c1-11(2)17(23)20(29)26-18(12(3)4)21(30)25-16(10-33)19(28)24-15(22(31)32)9-13-5-7-14(27)8-6-13/h5-8,11-12,15-18,27,33H,9-10,23H2,1-4H3,(H,24,28)(H,25,30)(H,26,29)(H,31,32). The minimum Gasteiger partial charge on any atom is -0.508 e. The van der Waals surface area contributed by atoms with Crippen LogP contribution in [0, 0.1) is 11.8 Å². The number of hydrogen-bond donors (Lipinski definition) is 7. The van der Waals surface area contributed by atoms with Gasteiger partial charge in [0.05, 0.1) is 6.04 Å². The topological polar surface area (TPSA) is 171 Å². The molecule has 0 fully saturated rings. The maximum absolute atomic E-state index is 12.8. The predicted octanol–water partition coefficient (Wildman–Crippen LogP) is 0.0428. The molecule has 184 valence electrons. The van der Waals surface area contributed by atoms with E-state index in [0.29, 0.717) is 5.56 Å². The van der Waals surface area contributed by atoms with Crippen molar-refractivity contribution in [3.05, 3.63) is 29.8 Å². The molecule has 1 aromatic carbocycles. The monoisotopic (exact) mass is 482 g/mol. The predicted molar refractivity (Wildman–Crippen MR) is 127 cm³/mol. The Morgan fingerprint density at radius 2 is 1.42 bits per heavy atom. The number of amides is 3. The largest absolute Gasteiger partial charge is 0.508 e. The lowest BCUT2D eigenvalue weighted by Gasteiger charge is -2.27. The van der Waals surface area contributed by atoms with Crippen molar-refractivity contribution in [3.8, 4) is 5.75 Å². The van der Waals surface area contributed by atoms with Crippen LogP contribution >= 0.6 is 12.6 Å². The number of carboxylic acids is 1. The van der Waals surface area contributed by atoms with Crippen molar-refractivity contribution in [2.75, 3.05) is 5.75 Å². The van der Waals surface area contributed by atoms with Crippen molar-refractivity contribution in [1.82, 2.24) is 16.0 Å². The van der Waals surface area contributed by atoms with Crippen LogP contribution in [0.25, 0.3) is 0 Å². The highest BCUT2D eigenvalue weighted by molar-refractivity contribution is 7.80. The molecule has 0 saturated heterocycles. The Morgan fingerprint density at radius 1 is 0.879 bits per heavy atom. The second-order valence-electron chi connectivity index (χ2n) is 8.51. The van der Waals surface area contributed by atoms with Gasteiger partial charge in [-0.15, -0.1) is 0 Å². The minimum absolute atomic E-state index is 0.0215. The van der Waals surface area contributed by atoms with Gasteiger partial charge in [-0.05, 0) is 29.5 Å². The summed E-state index contributed by atoms with van der Waals surface area (Å²) in [4.78, 5) is 49.5. The van der Waals surface area contributed by atoms with E-state index < -0.39 is 47.9 Å². The number of carbonyl (C=O) groups is 4. The Labute approximate surface area is 199 Å². The number of aliphatic carboxylic acids is 1. The maximum Gasteiger partial charge on any atom is 0.326 e. The number of benzene rings is 1. The average Bonchev–Trinajstić information content (AvgIpc) is 2.75. The molecule has 10 nitrogen and oxygen atoms in total. The van der Waals surface area contributed by atoms with Gasteiger partial charge in [0.2, 0.25) is 17.7 Å². The fourth-order valence-corrected chi connectivity index (χ4v) is 3.14. The lowest BCUT2D eigenvalue weighted by molar-refractivity contribution is -0.142. The zero-order valence-corrected chi connectivity index (χ0v) is 20.1. The number of rotatable bonds is 12. The highest BCUT2D eigenvalue weighted by Gasteiger charge is 2.31. The van der Waals surface area contributed by atoms with Gasteiger partial charge < -0.3 is 31.9 Å². The molecule has 3 amide bonds. The van der Waals surface area contributed by atoms with E-state index in [1.165, 1.54) is 12.1 Å². The van der Waals surface area contributed by atoms with Crippen molar-refractivity contribution < 1.29 is 29.4 Å². The van der Waals surface area contributed by atoms with Crippen molar-refractivity contribution >= 4 is 36.3 Å². The molecule has 4 atom stereocenters. The van der Waals surface area contributed by atoms with Crippen LogP contribution < -0.4 is 21.7 Å². The Bertz CT molecular complexity index is 831. The van der Waals surface area contributed by atoms with Gasteiger partial charge in [0.25, 0.3) is 0 Å². The highest BCUT2D eigenvalue weighted by Crippen LogP contribution is 2.12. The van der Waals surface area contributed by atoms with Crippen molar-refractivity contribution in [1.29, 1.82) is 0 Å². The van der Waals surface area contributed by atoms with Crippen LogP contribution in [0.15, 0.2) is 24.3 Å². The van der Waals surface area contributed by atoms with E-state index in [0.717, 1.165) is 0 Å². The number of thiol groups is 1. The molecule has 1 rings (SSSR count).